The van der Waals surface area contributed by atoms with E-state index in [0.717, 1.165) is 10.3 Å². The van der Waals surface area contributed by atoms with Crippen molar-refractivity contribution < 1.29 is 4.79 Å². The van der Waals surface area contributed by atoms with E-state index < -0.39 is 11.2 Å². The zero-order valence-corrected chi connectivity index (χ0v) is 16.2. The first kappa shape index (κ1) is 18.4. The molecule has 3 aromatic rings. The summed E-state index contributed by atoms with van der Waals surface area (Å²) in [5.41, 5.74) is 0.555. The molecule has 0 fully saturated rings. The second kappa shape index (κ2) is 6.42. The minimum Gasteiger partial charge on any atom is -0.378 e. The standard InChI is InChI=1S/C18H22N6O3/c1-20(2)12-9-7-11(8-10-12)15(25)24-13-14(19-17(24)21(3)4)22(5)18(27)23(6)16(13)26/h7-10H,1-6H3. The molecule has 0 saturated heterocycles. The van der Waals surface area contributed by atoms with Gasteiger partial charge in [-0.05, 0) is 24.3 Å². The molecule has 0 saturated carbocycles. The van der Waals surface area contributed by atoms with Gasteiger partial charge in [-0.2, -0.15) is 4.98 Å². The van der Waals surface area contributed by atoms with E-state index in [0.29, 0.717) is 5.56 Å². The maximum atomic E-state index is 13.2. The Hall–Kier alpha value is -3.36. The number of imidazole rings is 1. The van der Waals surface area contributed by atoms with Crippen molar-refractivity contribution >= 4 is 28.7 Å². The van der Waals surface area contributed by atoms with Gasteiger partial charge in [0, 0.05) is 53.5 Å². The number of aromatic nitrogens is 4. The van der Waals surface area contributed by atoms with Crippen molar-refractivity contribution in [3.8, 4) is 0 Å². The number of hydrogen-bond donors (Lipinski definition) is 0. The van der Waals surface area contributed by atoms with Gasteiger partial charge in [-0.3, -0.25) is 18.7 Å². The number of nitrogens with zero attached hydrogens (tertiary/aromatic N) is 6. The van der Waals surface area contributed by atoms with Gasteiger partial charge in [0.25, 0.3) is 11.5 Å². The first-order valence-electron chi connectivity index (χ1n) is 8.33. The van der Waals surface area contributed by atoms with Crippen molar-refractivity contribution in [1.82, 2.24) is 18.7 Å². The molecule has 9 nitrogen and oxygen atoms in total. The molecule has 0 radical (unpaired) electrons. The molecule has 1 aromatic carbocycles. The summed E-state index contributed by atoms with van der Waals surface area (Å²) in [6.07, 6.45) is 0. The lowest BCUT2D eigenvalue weighted by Gasteiger charge is -2.15. The quantitative estimate of drug-likeness (QED) is 0.657. The van der Waals surface area contributed by atoms with Gasteiger partial charge in [0.05, 0.1) is 0 Å². The number of rotatable bonds is 3. The highest BCUT2D eigenvalue weighted by molar-refractivity contribution is 6.03. The molecule has 0 amide bonds. The average molecular weight is 370 g/mol. The highest BCUT2D eigenvalue weighted by atomic mass is 16.2. The molecule has 0 aliphatic rings. The van der Waals surface area contributed by atoms with Crippen LogP contribution in [0.15, 0.2) is 33.9 Å². The van der Waals surface area contributed by atoms with Crippen LogP contribution in [0.1, 0.15) is 10.4 Å². The Labute approximate surface area is 155 Å². The normalized spacial score (nSPS) is 11.0. The molecule has 3 rings (SSSR count). The van der Waals surface area contributed by atoms with Crippen LogP contribution in [0.4, 0.5) is 11.6 Å². The van der Waals surface area contributed by atoms with Gasteiger partial charge < -0.3 is 9.80 Å². The number of aryl methyl sites for hydroxylation is 1. The van der Waals surface area contributed by atoms with E-state index in [1.807, 2.05) is 31.1 Å². The lowest BCUT2D eigenvalue weighted by atomic mass is 10.2. The van der Waals surface area contributed by atoms with Crippen molar-refractivity contribution in [2.24, 2.45) is 14.1 Å². The molecule has 0 aliphatic heterocycles. The van der Waals surface area contributed by atoms with Crippen molar-refractivity contribution in [3.05, 3.63) is 50.7 Å². The Morgan fingerprint density at radius 2 is 1.52 bits per heavy atom. The van der Waals surface area contributed by atoms with E-state index in [2.05, 4.69) is 4.98 Å². The summed E-state index contributed by atoms with van der Waals surface area (Å²) in [4.78, 5) is 46.1. The highest BCUT2D eigenvalue weighted by Crippen LogP contribution is 2.21. The summed E-state index contributed by atoms with van der Waals surface area (Å²) in [7, 11) is 10.2. The van der Waals surface area contributed by atoms with Crippen LogP contribution in [-0.2, 0) is 14.1 Å². The van der Waals surface area contributed by atoms with Crippen LogP contribution in [0, 0.1) is 0 Å². The molecule has 0 N–H and O–H groups in total. The molecule has 0 atom stereocenters. The summed E-state index contributed by atoms with van der Waals surface area (Å²) >= 11 is 0. The van der Waals surface area contributed by atoms with Crippen LogP contribution < -0.4 is 21.0 Å². The number of benzene rings is 1. The average Bonchev–Trinajstić information content (AvgIpc) is 3.05. The van der Waals surface area contributed by atoms with Crippen molar-refractivity contribution in [1.29, 1.82) is 0 Å². The number of anilines is 2. The fraction of sp³-hybridized carbons (Fsp3) is 0.333. The molecular weight excluding hydrogens is 348 g/mol. The zero-order chi connectivity index (χ0) is 20.0. The SMILES string of the molecule is CN(C)c1ccc(C(=O)n2c(N(C)C)nc3c2c(=O)n(C)c(=O)n3C)cc1. The monoisotopic (exact) mass is 370 g/mol. The summed E-state index contributed by atoms with van der Waals surface area (Å²) in [5.74, 6) is -0.104. The lowest BCUT2D eigenvalue weighted by Crippen LogP contribution is -2.38. The predicted molar refractivity (Wildman–Crippen MR) is 105 cm³/mol. The second-order valence-electron chi connectivity index (χ2n) is 6.77. The van der Waals surface area contributed by atoms with Gasteiger partial charge in [-0.25, -0.2) is 9.36 Å². The Bertz CT molecular complexity index is 1150. The van der Waals surface area contributed by atoms with E-state index >= 15 is 0 Å². The van der Waals surface area contributed by atoms with Crippen LogP contribution in [0.2, 0.25) is 0 Å². The molecule has 0 bridgehead atoms. The first-order valence-corrected chi connectivity index (χ1v) is 8.33. The summed E-state index contributed by atoms with van der Waals surface area (Å²) in [5, 5.41) is 0. The number of carbonyl (C=O) groups is 1. The third kappa shape index (κ3) is 2.80. The van der Waals surface area contributed by atoms with Gasteiger partial charge >= 0.3 is 5.69 Å². The van der Waals surface area contributed by atoms with E-state index in [9.17, 15) is 14.4 Å². The maximum Gasteiger partial charge on any atom is 0.332 e. The molecule has 0 spiro atoms. The van der Waals surface area contributed by atoms with Gasteiger partial charge in [-0.15, -0.1) is 0 Å². The van der Waals surface area contributed by atoms with E-state index in [1.54, 1.807) is 31.1 Å². The minimum atomic E-state index is -0.563. The smallest absolute Gasteiger partial charge is 0.332 e. The van der Waals surface area contributed by atoms with Gasteiger partial charge in [0.2, 0.25) is 5.95 Å². The highest BCUT2D eigenvalue weighted by Gasteiger charge is 2.25. The minimum absolute atomic E-state index is 0.0741. The third-order valence-electron chi connectivity index (χ3n) is 4.47. The van der Waals surface area contributed by atoms with Gasteiger partial charge in [0.15, 0.2) is 11.2 Å². The Morgan fingerprint density at radius 3 is 2.04 bits per heavy atom. The third-order valence-corrected chi connectivity index (χ3v) is 4.47. The van der Waals surface area contributed by atoms with Crippen molar-refractivity contribution in [2.75, 3.05) is 38.0 Å². The molecule has 2 heterocycles. The largest absolute Gasteiger partial charge is 0.378 e. The Kier molecular flexibility index (Phi) is 4.38. The zero-order valence-electron chi connectivity index (χ0n) is 16.2. The molecule has 142 valence electrons. The molecule has 0 aliphatic carbocycles. The first-order chi connectivity index (χ1) is 12.6. The summed E-state index contributed by atoms with van der Waals surface area (Å²) in [6, 6.07) is 7.07. The number of fused-ring (bicyclic) bond motifs is 1. The van der Waals surface area contributed by atoms with Crippen LogP contribution in [-0.4, -0.2) is 52.8 Å². The van der Waals surface area contributed by atoms with Crippen LogP contribution in [0.25, 0.3) is 11.2 Å². The van der Waals surface area contributed by atoms with E-state index in [1.165, 1.54) is 23.2 Å². The summed E-state index contributed by atoms with van der Waals surface area (Å²) < 4.78 is 3.51. The maximum absolute atomic E-state index is 13.2. The van der Waals surface area contributed by atoms with Crippen molar-refractivity contribution in [3.63, 3.8) is 0 Å². The fourth-order valence-corrected chi connectivity index (χ4v) is 2.91. The molecule has 9 heteroatoms. The Balaban J connectivity index is 2.32. The van der Waals surface area contributed by atoms with Crippen LogP contribution in [0.5, 0.6) is 0 Å². The summed E-state index contributed by atoms with van der Waals surface area (Å²) in [6.45, 7) is 0. The fourth-order valence-electron chi connectivity index (χ4n) is 2.91. The predicted octanol–water partition coefficient (Wildman–Crippen LogP) is 0.254. The van der Waals surface area contributed by atoms with Gasteiger partial charge in [0.1, 0.15) is 0 Å². The number of carbonyl (C=O) groups excluding carboxylic acids is 1. The Morgan fingerprint density at radius 1 is 0.926 bits per heavy atom. The van der Waals surface area contributed by atoms with Gasteiger partial charge in [-0.1, -0.05) is 0 Å². The molecule has 2 aromatic heterocycles. The number of hydrogen-bond acceptors (Lipinski definition) is 6. The molecule has 0 unspecified atom stereocenters. The van der Waals surface area contributed by atoms with E-state index in [-0.39, 0.29) is 23.0 Å². The van der Waals surface area contributed by atoms with Crippen LogP contribution in [0.3, 0.4) is 0 Å². The second-order valence-corrected chi connectivity index (χ2v) is 6.77. The van der Waals surface area contributed by atoms with E-state index in [4.69, 9.17) is 0 Å². The lowest BCUT2D eigenvalue weighted by molar-refractivity contribution is 0.0965. The van der Waals surface area contributed by atoms with Crippen molar-refractivity contribution in [2.45, 2.75) is 0 Å². The topological polar surface area (TPSA) is 85.4 Å². The molecule has 27 heavy (non-hydrogen) atoms. The van der Waals surface area contributed by atoms with Crippen LogP contribution >= 0.6 is 0 Å². The molecular formula is C18H22N6O3.